The van der Waals surface area contributed by atoms with Gasteiger partial charge in [-0.3, -0.25) is 4.57 Å². The van der Waals surface area contributed by atoms with Crippen LogP contribution in [0.4, 0.5) is 0 Å². The Morgan fingerprint density at radius 1 is 0.426 bits per heavy atom. The van der Waals surface area contributed by atoms with Crippen LogP contribution in [0.2, 0.25) is 0 Å². The van der Waals surface area contributed by atoms with Gasteiger partial charge in [-0.2, -0.15) is 0 Å². The summed E-state index contributed by atoms with van der Waals surface area (Å²) in [5, 5.41) is 5.97. The van der Waals surface area contributed by atoms with E-state index < -0.39 is 0 Å². The fourth-order valence-corrected chi connectivity index (χ4v) is 8.81. The Kier molecular flexibility index (Phi) is 6.60. The third-order valence-corrected chi connectivity index (χ3v) is 11.6. The molecule has 0 saturated heterocycles. The fourth-order valence-electron chi connectivity index (χ4n) is 8.81. The molecule has 0 bridgehead atoms. The minimum atomic E-state index is -0.215. The molecule has 254 valence electrons. The van der Waals surface area contributed by atoms with Gasteiger partial charge in [0.2, 0.25) is 5.95 Å². The van der Waals surface area contributed by atoms with E-state index in [1.807, 2.05) is 0 Å². The summed E-state index contributed by atoms with van der Waals surface area (Å²) in [6, 6.07) is 63.6. The maximum atomic E-state index is 5.48. The molecule has 0 atom stereocenters. The highest BCUT2D eigenvalue weighted by molar-refractivity contribution is 6.11. The molecule has 0 fully saturated rings. The minimum absolute atomic E-state index is 0.215. The van der Waals surface area contributed by atoms with E-state index in [0.29, 0.717) is 5.95 Å². The van der Waals surface area contributed by atoms with E-state index in [1.54, 1.807) is 0 Å². The van der Waals surface area contributed by atoms with Crippen molar-refractivity contribution in [2.75, 3.05) is 0 Å². The number of hydrogen-bond acceptors (Lipinski definition) is 2. The molecular weight excluding hydrogens is 655 g/mol. The molecule has 1 aliphatic rings. The smallest absolute Gasteiger partial charge is 0.235 e. The number of hydrogen-bond donors (Lipinski definition) is 0. The van der Waals surface area contributed by atoms with Gasteiger partial charge in [-0.15, -0.1) is 0 Å². The summed E-state index contributed by atoms with van der Waals surface area (Å²) in [6.45, 7) is 4.66. The van der Waals surface area contributed by atoms with E-state index in [9.17, 15) is 0 Å². The topological polar surface area (TPSA) is 30.7 Å². The first-order valence-corrected chi connectivity index (χ1v) is 18.7. The highest BCUT2D eigenvalue weighted by Gasteiger charge is 2.35. The minimum Gasteiger partial charge on any atom is -0.278 e. The second-order valence-corrected chi connectivity index (χ2v) is 15.1. The van der Waals surface area contributed by atoms with Crippen LogP contribution in [0.1, 0.15) is 25.0 Å². The molecule has 0 saturated carbocycles. The molecule has 0 unspecified atom stereocenters. The van der Waals surface area contributed by atoms with Crippen molar-refractivity contribution < 1.29 is 0 Å². The maximum Gasteiger partial charge on any atom is 0.235 e. The zero-order valence-corrected chi connectivity index (χ0v) is 30.1. The average Bonchev–Trinajstić information content (AvgIpc) is 3.56. The van der Waals surface area contributed by atoms with Gasteiger partial charge in [-0.1, -0.05) is 147 Å². The van der Waals surface area contributed by atoms with Crippen molar-refractivity contribution in [3.63, 3.8) is 0 Å². The Morgan fingerprint density at radius 3 is 1.76 bits per heavy atom. The lowest BCUT2D eigenvalue weighted by molar-refractivity contribution is 0.644. The molecule has 0 amide bonds. The molecule has 0 N–H and O–H groups in total. The first-order valence-electron chi connectivity index (χ1n) is 18.7. The number of nitrogens with zero attached hydrogens (tertiary/aromatic N) is 3. The molecule has 11 rings (SSSR count). The van der Waals surface area contributed by atoms with E-state index in [1.165, 1.54) is 71.6 Å². The lowest BCUT2D eigenvalue weighted by atomic mass is 9.69. The van der Waals surface area contributed by atoms with Crippen molar-refractivity contribution in [1.29, 1.82) is 0 Å². The van der Waals surface area contributed by atoms with Gasteiger partial charge < -0.3 is 0 Å². The quantitative estimate of drug-likeness (QED) is 0.184. The Morgan fingerprint density at radius 2 is 1.02 bits per heavy atom. The molecule has 3 nitrogen and oxygen atoms in total. The third-order valence-electron chi connectivity index (χ3n) is 11.6. The van der Waals surface area contributed by atoms with Crippen molar-refractivity contribution in [3.05, 3.63) is 187 Å². The van der Waals surface area contributed by atoms with E-state index >= 15 is 0 Å². The van der Waals surface area contributed by atoms with Crippen LogP contribution in [0.25, 0.3) is 94.1 Å². The third kappa shape index (κ3) is 4.61. The highest BCUT2D eigenvalue weighted by atomic mass is 15.2. The normalized spacial score (nSPS) is 13.1. The molecule has 0 radical (unpaired) electrons. The SMILES string of the molecule is CC1(C)c2cc(-c3ccccc3)ccc2-c2nc(-n3c4ccccc4c4cc(-c5ccc6cc(-c7ccccc7)ccc6c5)ccc43)nc3cccc1c23. The van der Waals surface area contributed by atoms with E-state index in [-0.39, 0.29) is 5.41 Å². The number of aromatic nitrogens is 3. The summed E-state index contributed by atoms with van der Waals surface area (Å²) in [6.07, 6.45) is 0. The van der Waals surface area contributed by atoms with Crippen LogP contribution in [0, 0.1) is 0 Å². The zero-order valence-electron chi connectivity index (χ0n) is 30.1. The van der Waals surface area contributed by atoms with Crippen LogP contribution < -0.4 is 0 Å². The summed E-state index contributed by atoms with van der Waals surface area (Å²) in [5.74, 6) is 0.686. The van der Waals surface area contributed by atoms with Gasteiger partial charge in [0.1, 0.15) is 0 Å². The number of benzene rings is 8. The van der Waals surface area contributed by atoms with Gasteiger partial charge in [0.05, 0.1) is 22.2 Å². The number of fused-ring (bicyclic) bond motifs is 6. The lowest BCUT2D eigenvalue weighted by Crippen LogP contribution is -2.24. The summed E-state index contributed by atoms with van der Waals surface area (Å²) >= 11 is 0. The Bertz CT molecular complexity index is 3120. The van der Waals surface area contributed by atoms with Crippen LogP contribution in [0.3, 0.4) is 0 Å². The molecule has 0 spiro atoms. The van der Waals surface area contributed by atoms with Crippen LogP contribution in [-0.4, -0.2) is 14.5 Å². The van der Waals surface area contributed by atoms with Gasteiger partial charge in [0.25, 0.3) is 0 Å². The molecular formula is C51H35N3. The molecule has 2 heterocycles. The average molecular weight is 690 g/mol. The monoisotopic (exact) mass is 689 g/mol. The number of rotatable bonds is 4. The molecule has 3 heteroatoms. The van der Waals surface area contributed by atoms with E-state index in [0.717, 1.165) is 27.6 Å². The standard InChI is InChI=1S/C51H35N3/c1-51(2)43-17-11-18-45-48(43)49(41-26-24-39(31-44(41)51)33-14-7-4-8-15-33)53-50(52-45)54-46-19-10-9-16-40(46)42-30-38(25-27-47(42)54)37-23-22-35-28-34(20-21-36(35)29-37)32-12-5-3-6-13-32/h3-31H,1-2H3. The molecule has 0 aliphatic heterocycles. The van der Waals surface area contributed by atoms with Crippen molar-refractivity contribution in [3.8, 4) is 50.6 Å². The zero-order chi connectivity index (χ0) is 36.0. The van der Waals surface area contributed by atoms with Crippen molar-refractivity contribution in [1.82, 2.24) is 14.5 Å². The molecule has 54 heavy (non-hydrogen) atoms. The van der Waals surface area contributed by atoms with Gasteiger partial charge >= 0.3 is 0 Å². The van der Waals surface area contributed by atoms with Gasteiger partial charge in [-0.25, -0.2) is 9.97 Å². The molecule has 8 aromatic carbocycles. The van der Waals surface area contributed by atoms with Crippen molar-refractivity contribution in [2.45, 2.75) is 19.3 Å². The summed E-state index contributed by atoms with van der Waals surface area (Å²) < 4.78 is 2.25. The fraction of sp³-hybridized carbons (Fsp3) is 0.0588. The lowest BCUT2D eigenvalue weighted by Gasteiger charge is -2.35. The summed E-state index contributed by atoms with van der Waals surface area (Å²) in [7, 11) is 0. The largest absolute Gasteiger partial charge is 0.278 e. The van der Waals surface area contributed by atoms with Gasteiger partial charge in [-0.05, 0) is 97.7 Å². The maximum absolute atomic E-state index is 5.48. The Labute approximate surface area is 313 Å². The second-order valence-electron chi connectivity index (χ2n) is 15.1. The van der Waals surface area contributed by atoms with E-state index in [2.05, 4.69) is 194 Å². The predicted octanol–water partition coefficient (Wildman–Crippen LogP) is 13.2. The number of para-hydroxylation sites is 1. The Balaban J connectivity index is 1.07. The molecule has 1 aliphatic carbocycles. The van der Waals surface area contributed by atoms with E-state index in [4.69, 9.17) is 9.97 Å². The van der Waals surface area contributed by atoms with Crippen LogP contribution >= 0.6 is 0 Å². The van der Waals surface area contributed by atoms with Crippen LogP contribution in [-0.2, 0) is 5.41 Å². The van der Waals surface area contributed by atoms with Crippen LogP contribution in [0.5, 0.6) is 0 Å². The van der Waals surface area contributed by atoms with Gasteiger partial charge in [0, 0.05) is 27.1 Å². The molecule has 10 aromatic rings. The second kappa shape index (κ2) is 11.6. The first kappa shape index (κ1) is 30.8. The van der Waals surface area contributed by atoms with Gasteiger partial charge in [0.15, 0.2) is 0 Å². The highest BCUT2D eigenvalue weighted by Crippen LogP contribution is 2.49. The molecule has 2 aromatic heterocycles. The first-order chi connectivity index (χ1) is 26.5. The van der Waals surface area contributed by atoms with Crippen molar-refractivity contribution >= 4 is 43.5 Å². The summed E-state index contributed by atoms with van der Waals surface area (Å²) in [4.78, 5) is 10.8. The van der Waals surface area contributed by atoms with Crippen LogP contribution in [0.15, 0.2) is 176 Å². The predicted molar refractivity (Wildman–Crippen MR) is 225 cm³/mol. The Hall–Kier alpha value is -6.84. The summed E-state index contributed by atoms with van der Waals surface area (Å²) in [5.41, 5.74) is 14.9. The van der Waals surface area contributed by atoms with Crippen molar-refractivity contribution in [2.24, 2.45) is 0 Å².